The fraction of sp³-hybridized carbons (Fsp3) is 0.423. The molecule has 4 rings (SSSR count). The topological polar surface area (TPSA) is 88.2 Å². The van der Waals surface area contributed by atoms with Crippen LogP contribution in [0.25, 0.3) is 0 Å². The van der Waals surface area contributed by atoms with E-state index in [0.717, 1.165) is 5.56 Å². The van der Waals surface area contributed by atoms with Gasteiger partial charge in [-0.3, -0.25) is 4.79 Å². The zero-order chi connectivity index (χ0) is 24.3. The average molecular weight is 466 g/mol. The van der Waals surface area contributed by atoms with Gasteiger partial charge in [-0.05, 0) is 44.9 Å². The number of carbonyl (C=O) groups is 3. The molecule has 2 heterocycles. The SMILES string of the molecule is CC(C)(C)OC(=O)N1CC[C@@H]2[C@H]1[C@@H](C(=O)Nc1ccccc1)CN2C(=O)OCc1ccccc1. The number of anilines is 1. The summed E-state index contributed by atoms with van der Waals surface area (Å²) in [5.41, 5.74) is 0.881. The lowest BCUT2D eigenvalue weighted by Crippen LogP contribution is -2.47. The highest BCUT2D eigenvalue weighted by atomic mass is 16.6. The fourth-order valence-electron chi connectivity index (χ4n) is 4.62. The van der Waals surface area contributed by atoms with Gasteiger partial charge in [0.1, 0.15) is 12.2 Å². The third kappa shape index (κ3) is 5.32. The third-order valence-corrected chi connectivity index (χ3v) is 6.07. The first-order valence-electron chi connectivity index (χ1n) is 11.6. The predicted molar refractivity (Wildman–Crippen MR) is 127 cm³/mol. The molecule has 2 saturated heterocycles. The van der Waals surface area contributed by atoms with Crippen LogP contribution in [0.3, 0.4) is 0 Å². The minimum Gasteiger partial charge on any atom is -0.445 e. The summed E-state index contributed by atoms with van der Waals surface area (Å²) in [6.45, 7) is 6.13. The first kappa shape index (κ1) is 23.6. The van der Waals surface area contributed by atoms with Gasteiger partial charge in [0.25, 0.3) is 0 Å². The van der Waals surface area contributed by atoms with Crippen molar-refractivity contribution in [2.75, 3.05) is 18.4 Å². The van der Waals surface area contributed by atoms with Crippen molar-refractivity contribution in [2.45, 2.75) is 51.5 Å². The van der Waals surface area contributed by atoms with E-state index >= 15 is 0 Å². The maximum atomic E-state index is 13.3. The van der Waals surface area contributed by atoms with Crippen molar-refractivity contribution < 1.29 is 23.9 Å². The molecule has 3 amide bonds. The lowest BCUT2D eigenvalue weighted by Gasteiger charge is -2.30. The number of rotatable bonds is 4. The summed E-state index contributed by atoms with van der Waals surface area (Å²) in [5, 5.41) is 2.93. The van der Waals surface area contributed by atoms with Crippen LogP contribution >= 0.6 is 0 Å². The molecule has 2 aromatic carbocycles. The molecule has 8 heteroatoms. The Balaban J connectivity index is 1.52. The Morgan fingerprint density at radius 1 is 0.941 bits per heavy atom. The number of para-hydroxylation sites is 1. The zero-order valence-corrected chi connectivity index (χ0v) is 19.8. The van der Waals surface area contributed by atoms with Crippen molar-refractivity contribution in [3.63, 3.8) is 0 Å². The summed E-state index contributed by atoms with van der Waals surface area (Å²) in [7, 11) is 0. The van der Waals surface area contributed by atoms with E-state index in [4.69, 9.17) is 9.47 Å². The van der Waals surface area contributed by atoms with Crippen LogP contribution in [-0.2, 0) is 20.9 Å². The van der Waals surface area contributed by atoms with E-state index in [1.165, 1.54) is 0 Å². The van der Waals surface area contributed by atoms with Gasteiger partial charge < -0.3 is 24.6 Å². The molecule has 34 heavy (non-hydrogen) atoms. The van der Waals surface area contributed by atoms with Crippen molar-refractivity contribution in [1.82, 2.24) is 9.80 Å². The fourth-order valence-corrected chi connectivity index (χ4v) is 4.62. The third-order valence-electron chi connectivity index (χ3n) is 6.07. The molecule has 2 aromatic rings. The zero-order valence-electron chi connectivity index (χ0n) is 19.8. The maximum Gasteiger partial charge on any atom is 0.410 e. The van der Waals surface area contributed by atoms with Crippen LogP contribution < -0.4 is 5.32 Å². The van der Waals surface area contributed by atoms with Crippen LogP contribution in [0.1, 0.15) is 32.8 Å². The normalized spacial score (nSPS) is 21.7. The molecule has 180 valence electrons. The van der Waals surface area contributed by atoms with Gasteiger partial charge in [0.05, 0.1) is 18.0 Å². The lowest BCUT2D eigenvalue weighted by molar-refractivity contribution is -0.120. The lowest BCUT2D eigenvalue weighted by atomic mass is 9.98. The molecule has 1 N–H and O–H groups in total. The van der Waals surface area contributed by atoms with E-state index in [9.17, 15) is 14.4 Å². The molecule has 0 aliphatic carbocycles. The first-order valence-corrected chi connectivity index (χ1v) is 11.6. The van der Waals surface area contributed by atoms with E-state index in [-0.39, 0.29) is 25.1 Å². The molecular weight excluding hydrogens is 434 g/mol. The Morgan fingerprint density at radius 2 is 1.59 bits per heavy atom. The summed E-state index contributed by atoms with van der Waals surface area (Å²) in [6.07, 6.45) is -0.406. The van der Waals surface area contributed by atoms with Crippen LogP contribution in [0.4, 0.5) is 15.3 Å². The summed E-state index contributed by atoms with van der Waals surface area (Å²) >= 11 is 0. The molecule has 0 radical (unpaired) electrons. The van der Waals surface area contributed by atoms with Gasteiger partial charge in [0.2, 0.25) is 5.91 Å². The number of likely N-dealkylation sites (tertiary alicyclic amines) is 2. The molecular formula is C26H31N3O5. The van der Waals surface area contributed by atoms with Crippen LogP contribution in [0, 0.1) is 5.92 Å². The van der Waals surface area contributed by atoms with Gasteiger partial charge in [-0.15, -0.1) is 0 Å². The summed E-state index contributed by atoms with van der Waals surface area (Å²) in [6, 6.07) is 17.8. The van der Waals surface area contributed by atoms with Crippen molar-refractivity contribution in [3.05, 3.63) is 66.2 Å². The minimum atomic E-state index is -0.663. The molecule has 0 saturated carbocycles. The van der Waals surface area contributed by atoms with E-state index < -0.39 is 29.7 Å². The Hall–Kier alpha value is -3.55. The summed E-state index contributed by atoms with van der Waals surface area (Å²) in [5.74, 6) is -0.848. The van der Waals surface area contributed by atoms with Crippen molar-refractivity contribution in [1.29, 1.82) is 0 Å². The van der Waals surface area contributed by atoms with Gasteiger partial charge in [-0.2, -0.15) is 0 Å². The highest BCUT2D eigenvalue weighted by Crippen LogP contribution is 2.37. The smallest absolute Gasteiger partial charge is 0.410 e. The van der Waals surface area contributed by atoms with Gasteiger partial charge in [-0.25, -0.2) is 9.59 Å². The maximum absolute atomic E-state index is 13.3. The van der Waals surface area contributed by atoms with E-state index in [2.05, 4.69) is 5.32 Å². The Morgan fingerprint density at radius 3 is 2.24 bits per heavy atom. The number of hydrogen-bond donors (Lipinski definition) is 1. The van der Waals surface area contributed by atoms with Crippen molar-refractivity contribution in [3.8, 4) is 0 Å². The number of nitrogens with one attached hydrogen (secondary N) is 1. The van der Waals surface area contributed by atoms with Gasteiger partial charge >= 0.3 is 12.2 Å². The first-order chi connectivity index (χ1) is 16.2. The summed E-state index contributed by atoms with van der Waals surface area (Å²) < 4.78 is 11.2. The quantitative estimate of drug-likeness (QED) is 0.729. The standard InChI is InChI=1S/C26H31N3O5/c1-26(2,3)34-25(32)28-15-14-21-22(28)20(23(30)27-19-12-8-5-9-13-19)16-29(21)24(31)33-17-18-10-6-4-7-11-18/h4-13,20-22H,14-17H2,1-3H3,(H,27,30)/t20-,21+,22+/m0/s1. The number of nitrogens with zero attached hydrogens (tertiary/aromatic N) is 2. The number of benzene rings is 2. The van der Waals surface area contributed by atoms with Crippen molar-refractivity contribution >= 4 is 23.8 Å². The highest BCUT2D eigenvalue weighted by Gasteiger charge is 2.55. The average Bonchev–Trinajstić information content (AvgIpc) is 3.38. The number of ether oxygens (including phenoxy) is 2. The predicted octanol–water partition coefficient (Wildman–Crippen LogP) is 4.27. The minimum absolute atomic E-state index is 0.143. The molecule has 0 bridgehead atoms. The second kappa shape index (κ2) is 9.75. The largest absolute Gasteiger partial charge is 0.445 e. The monoisotopic (exact) mass is 465 g/mol. The van der Waals surface area contributed by atoms with E-state index in [1.807, 2.05) is 48.5 Å². The molecule has 0 spiro atoms. The molecule has 2 aliphatic rings. The van der Waals surface area contributed by atoms with Gasteiger partial charge in [0, 0.05) is 18.8 Å². The molecule has 2 fully saturated rings. The number of fused-ring (bicyclic) bond motifs is 1. The number of hydrogen-bond acceptors (Lipinski definition) is 5. The second-order valence-electron chi connectivity index (χ2n) is 9.67. The Labute approximate surface area is 199 Å². The highest BCUT2D eigenvalue weighted by molar-refractivity contribution is 5.94. The molecule has 3 atom stereocenters. The van der Waals surface area contributed by atoms with Gasteiger partial charge in [-0.1, -0.05) is 48.5 Å². The van der Waals surface area contributed by atoms with Crippen molar-refractivity contribution in [2.24, 2.45) is 5.92 Å². The second-order valence-corrected chi connectivity index (χ2v) is 9.67. The van der Waals surface area contributed by atoms with Gasteiger partial charge in [0.15, 0.2) is 0 Å². The Bertz CT molecular complexity index is 1020. The summed E-state index contributed by atoms with van der Waals surface area (Å²) in [4.78, 5) is 42.5. The van der Waals surface area contributed by atoms with Crippen LogP contribution in [0.15, 0.2) is 60.7 Å². The van der Waals surface area contributed by atoms with E-state index in [0.29, 0.717) is 18.7 Å². The van der Waals surface area contributed by atoms with Crippen LogP contribution in [-0.4, -0.2) is 58.7 Å². The molecule has 2 aliphatic heterocycles. The number of carbonyl (C=O) groups excluding carboxylic acids is 3. The van der Waals surface area contributed by atoms with Crippen LogP contribution in [0.5, 0.6) is 0 Å². The number of amides is 3. The Kier molecular flexibility index (Phi) is 6.77. The molecule has 0 unspecified atom stereocenters. The van der Waals surface area contributed by atoms with E-state index in [1.54, 1.807) is 42.7 Å². The van der Waals surface area contributed by atoms with Crippen LogP contribution in [0.2, 0.25) is 0 Å². The molecule has 0 aromatic heterocycles. The molecule has 8 nitrogen and oxygen atoms in total.